The number of ether oxygens (including phenoxy) is 2. The molecular weight excluding hydrogens is 228 g/mol. The third-order valence-corrected chi connectivity index (χ3v) is 2.64. The van der Waals surface area contributed by atoms with Gasteiger partial charge in [0.2, 0.25) is 0 Å². The van der Waals surface area contributed by atoms with E-state index in [1.165, 1.54) is 10.8 Å². The van der Waals surface area contributed by atoms with E-state index < -0.39 is 17.5 Å². The van der Waals surface area contributed by atoms with E-state index in [0.717, 1.165) is 0 Å². The molecule has 1 aromatic heterocycles. The van der Waals surface area contributed by atoms with Gasteiger partial charge in [-0.1, -0.05) is 0 Å². The highest BCUT2D eigenvalue weighted by atomic mass is 16.7. The number of aliphatic hydroxyl groups excluding tert-OH is 1. The molecule has 0 aromatic carbocycles. The normalized spacial score (nSPS) is 24.8. The Kier molecular flexibility index (Phi) is 3.41. The van der Waals surface area contributed by atoms with Crippen molar-refractivity contribution in [3.05, 3.63) is 32.6 Å². The number of hydrogen-bond acceptors (Lipinski definition) is 5. The maximum Gasteiger partial charge on any atom is 0.328 e. The van der Waals surface area contributed by atoms with Crippen LogP contribution < -0.4 is 11.2 Å². The summed E-state index contributed by atoms with van der Waals surface area (Å²) in [7, 11) is 0. The zero-order chi connectivity index (χ0) is 12.4. The standard InChI is InChI=1S/C10H14N2O5/c1-6-2-12(10(15)11-9(6)14)7-4-16-8(3-13)17-5-7/h2,7-8,13H,3-5H2,1H3,(H,11,14,15). The van der Waals surface area contributed by atoms with Crippen LogP contribution in [-0.4, -0.2) is 40.8 Å². The van der Waals surface area contributed by atoms with Crippen LogP contribution in [0.2, 0.25) is 0 Å². The van der Waals surface area contributed by atoms with Gasteiger partial charge in [-0.2, -0.15) is 0 Å². The van der Waals surface area contributed by atoms with Crippen molar-refractivity contribution >= 4 is 0 Å². The molecule has 0 spiro atoms. The van der Waals surface area contributed by atoms with Gasteiger partial charge in [0.15, 0.2) is 6.29 Å². The van der Waals surface area contributed by atoms with Gasteiger partial charge < -0.3 is 14.6 Å². The van der Waals surface area contributed by atoms with Crippen LogP contribution in [0.4, 0.5) is 0 Å². The second-order valence-electron chi connectivity index (χ2n) is 3.91. The molecule has 1 aliphatic rings. The molecule has 7 heteroatoms. The first-order valence-electron chi connectivity index (χ1n) is 5.28. The van der Waals surface area contributed by atoms with Crippen LogP contribution in [0.1, 0.15) is 11.6 Å². The van der Waals surface area contributed by atoms with Crippen molar-refractivity contribution in [1.29, 1.82) is 0 Å². The number of aromatic amines is 1. The summed E-state index contributed by atoms with van der Waals surface area (Å²) in [4.78, 5) is 25.0. The van der Waals surface area contributed by atoms with E-state index in [9.17, 15) is 9.59 Å². The molecule has 7 nitrogen and oxygen atoms in total. The lowest BCUT2D eigenvalue weighted by Gasteiger charge is -2.29. The van der Waals surface area contributed by atoms with Crippen LogP contribution in [-0.2, 0) is 9.47 Å². The van der Waals surface area contributed by atoms with Gasteiger partial charge in [0.1, 0.15) is 0 Å². The molecule has 0 aliphatic carbocycles. The number of rotatable bonds is 2. The topological polar surface area (TPSA) is 93.6 Å². The molecule has 0 bridgehead atoms. The van der Waals surface area contributed by atoms with E-state index in [1.807, 2.05) is 0 Å². The Balaban J connectivity index is 2.22. The number of aryl methyl sites for hydroxylation is 1. The van der Waals surface area contributed by atoms with Crippen LogP contribution in [0.5, 0.6) is 0 Å². The van der Waals surface area contributed by atoms with Crippen LogP contribution in [0.15, 0.2) is 15.8 Å². The van der Waals surface area contributed by atoms with E-state index in [0.29, 0.717) is 5.56 Å². The van der Waals surface area contributed by atoms with E-state index in [1.54, 1.807) is 6.92 Å². The van der Waals surface area contributed by atoms with Crippen molar-refractivity contribution in [3.63, 3.8) is 0 Å². The lowest BCUT2D eigenvalue weighted by Crippen LogP contribution is -2.41. The Bertz CT molecular complexity index is 498. The summed E-state index contributed by atoms with van der Waals surface area (Å²) in [6, 6.07) is -0.291. The number of aromatic nitrogens is 2. The molecule has 94 valence electrons. The highest BCUT2D eigenvalue weighted by molar-refractivity contribution is 5.02. The fourth-order valence-corrected chi connectivity index (χ4v) is 1.66. The molecule has 1 aromatic rings. The van der Waals surface area contributed by atoms with E-state index >= 15 is 0 Å². The van der Waals surface area contributed by atoms with Crippen LogP contribution in [0.25, 0.3) is 0 Å². The number of aliphatic hydroxyl groups is 1. The number of H-pyrrole nitrogens is 1. The molecule has 0 unspecified atom stereocenters. The van der Waals surface area contributed by atoms with Crippen molar-refractivity contribution in [3.8, 4) is 0 Å². The molecular formula is C10H14N2O5. The lowest BCUT2D eigenvalue weighted by atomic mass is 10.3. The highest BCUT2D eigenvalue weighted by Gasteiger charge is 2.23. The first-order chi connectivity index (χ1) is 8.11. The average molecular weight is 242 g/mol. The lowest BCUT2D eigenvalue weighted by molar-refractivity contribution is -0.211. The zero-order valence-corrected chi connectivity index (χ0v) is 9.38. The fraction of sp³-hybridized carbons (Fsp3) is 0.600. The Hall–Kier alpha value is -1.44. The van der Waals surface area contributed by atoms with Crippen LogP contribution >= 0.6 is 0 Å². The second-order valence-corrected chi connectivity index (χ2v) is 3.91. The molecule has 0 atom stereocenters. The minimum atomic E-state index is -0.634. The van der Waals surface area contributed by atoms with E-state index in [2.05, 4.69) is 4.98 Å². The molecule has 0 saturated carbocycles. The summed E-state index contributed by atoms with van der Waals surface area (Å²) in [5.74, 6) is 0. The summed E-state index contributed by atoms with van der Waals surface area (Å²) in [5.41, 5.74) is -0.425. The number of nitrogens with one attached hydrogen (secondary N) is 1. The van der Waals surface area contributed by atoms with Gasteiger partial charge in [0, 0.05) is 11.8 Å². The molecule has 2 rings (SSSR count). The van der Waals surface area contributed by atoms with Gasteiger partial charge in [0.25, 0.3) is 5.56 Å². The second kappa shape index (κ2) is 4.82. The third kappa shape index (κ3) is 2.46. The van der Waals surface area contributed by atoms with Gasteiger partial charge in [-0.25, -0.2) is 4.79 Å². The number of hydrogen-bond donors (Lipinski definition) is 2. The minimum absolute atomic E-state index is 0.216. The average Bonchev–Trinajstić information content (AvgIpc) is 2.34. The quantitative estimate of drug-likeness (QED) is 0.676. The Morgan fingerprint density at radius 3 is 2.71 bits per heavy atom. The van der Waals surface area contributed by atoms with Crippen molar-refractivity contribution < 1.29 is 14.6 Å². The first-order valence-corrected chi connectivity index (χ1v) is 5.28. The summed E-state index contributed by atoms with van der Waals surface area (Å²) in [6.07, 6.45) is 0.850. The molecule has 0 amide bonds. The predicted molar refractivity (Wildman–Crippen MR) is 57.9 cm³/mol. The van der Waals surface area contributed by atoms with Gasteiger partial charge in [0.05, 0.1) is 25.9 Å². The van der Waals surface area contributed by atoms with Crippen molar-refractivity contribution in [1.82, 2.24) is 9.55 Å². The zero-order valence-electron chi connectivity index (χ0n) is 9.38. The first kappa shape index (κ1) is 12.0. The smallest absolute Gasteiger partial charge is 0.328 e. The third-order valence-electron chi connectivity index (χ3n) is 2.64. The summed E-state index contributed by atoms with van der Waals surface area (Å²) in [5, 5.41) is 8.82. The van der Waals surface area contributed by atoms with E-state index in [4.69, 9.17) is 14.6 Å². The molecule has 17 heavy (non-hydrogen) atoms. The summed E-state index contributed by atoms with van der Waals surface area (Å²) < 4.78 is 11.8. The molecule has 1 fully saturated rings. The summed E-state index contributed by atoms with van der Waals surface area (Å²) in [6.45, 7) is 1.93. The van der Waals surface area contributed by atoms with Gasteiger partial charge >= 0.3 is 5.69 Å². The van der Waals surface area contributed by atoms with Crippen molar-refractivity contribution in [2.75, 3.05) is 19.8 Å². The van der Waals surface area contributed by atoms with E-state index in [-0.39, 0.29) is 25.9 Å². The largest absolute Gasteiger partial charge is 0.391 e. The van der Waals surface area contributed by atoms with Gasteiger partial charge in [-0.3, -0.25) is 14.3 Å². The highest BCUT2D eigenvalue weighted by Crippen LogP contribution is 2.14. The molecule has 1 saturated heterocycles. The number of nitrogens with zero attached hydrogens (tertiary/aromatic N) is 1. The fourth-order valence-electron chi connectivity index (χ4n) is 1.66. The van der Waals surface area contributed by atoms with Gasteiger partial charge in [-0.05, 0) is 6.92 Å². The maximum absolute atomic E-state index is 11.6. The van der Waals surface area contributed by atoms with Crippen molar-refractivity contribution in [2.24, 2.45) is 0 Å². The Morgan fingerprint density at radius 2 is 2.12 bits per heavy atom. The summed E-state index contributed by atoms with van der Waals surface area (Å²) >= 11 is 0. The van der Waals surface area contributed by atoms with Crippen molar-refractivity contribution in [2.45, 2.75) is 19.3 Å². The molecule has 0 radical (unpaired) electrons. The maximum atomic E-state index is 11.6. The molecule has 2 heterocycles. The minimum Gasteiger partial charge on any atom is -0.391 e. The SMILES string of the molecule is Cc1cn(C2COC(CO)OC2)c(=O)[nH]c1=O. The Labute approximate surface area is 96.6 Å². The van der Waals surface area contributed by atoms with Crippen LogP contribution in [0.3, 0.4) is 0 Å². The Morgan fingerprint density at radius 1 is 1.47 bits per heavy atom. The van der Waals surface area contributed by atoms with Gasteiger partial charge in [-0.15, -0.1) is 0 Å². The predicted octanol–water partition coefficient (Wildman–Crippen LogP) is -1.25. The molecule has 2 N–H and O–H groups in total. The monoisotopic (exact) mass is 242 g/mol. The van der Waals surface area contributed by atoms with Crippen LogP contribution in [0, 0.1) is 6.92 Å². The molecule has 1 aliphatic heterocycles.